The van der Waals surface area contributed by atoms with Gasteiger partial charge in [-0.1, -0.05) is 18.7 Å². The van der Waals surface area contributed by atoms with E-state index in [-0.39, 0.29) is 11.8 Å². The first kappa shape index (κ1) is 20.0. The highest BCUT2D eigenvalue weighted by Gasteiger charge is 2.38. The van der Waals surface area contributed by atoms with Gasteiger partial charge in [0.2, 0.25) is 5.91 Å². The Kier molecular flexibility index (Phi) is 5.36. The van der Waals surface area contributed by atoms with Crippen LogP contribution in [0.4, 0.5) is 0 Å². The van der Waals surface area contributed by atoms with Crippen LogP contribution < -0.4 is 5.32 Å². The van der Waals surface area contributed by atoms with Crippen LogP contribution in [0.25, 0.3) is 0 Å². The molecule has 7 heteroatoms. The van der Waals surface area contributed by atoms with Crippen LogP contribution in [0.2, 0.25) is 0 Å². The SMILES string of the molecule is C=C1CCC(N2Cc3cc(C4CCN(CCn5cccn5)CC4)ccc3C2=O)C(=O)N1. The Labute approximate surface area is 182 Å². The second kappa shape index (κ2) is 8.30. The molecule has 1 aromatic carbocycles. The number of likely N-dealkylation sites (tertiary alicyclic amines) is 1. The molecule has 2 amide bonds. The molecule has 162 valence electrons. The molecule has 4 heterocycles. The van der Waals surface area contributed by atoms with Crippen molar-refractivity contribution in [2.75, 3.05) is 19.6 Å². The maximum atomic E-state index is 12.9. The third-order valence-electron chi connectivity index (χ3n) is 6.92. The molecule has 0 bridgehead atoms. The van der Waals surface area contributed by atoms with E-state index < -0.39 is 6.04 Å². The number of piperidine rings is 2. The summed E-state index contributed by atoms with van der Waals surface area (Å²) in [5, 5.41) is 7.08. The minimum Gasteiger partial charge on any atom is -0.329 e. The molecular formula is C24H29N5O2. The quantitative estimate of drug-likeness (QED) is 0.809. The zero-order chi connectivity index (χ0) is 21.4. The van der Waals surface area contributed by atoms with Gasteiger partial charge >= 0.3 is 0 Å². The van der Waals surface area contributed by atoms with E-state index >= 15 is 0 Å². The van der Waals surface area contributed by atoms with Gasteiger partial charge in [-0.25, -0.2) is 0 Å². The van der Waals surface area contributed by atoms with Crippen LogP contribution in [0.5, 0.6) is 0 Å². The molecule has 0 saturated carbocycles. The van der Waals surface area contributed by atoms with Crippen LogP contribution >= 0.6 is 0 Å². The maximum absolute atomic E-state index is 12.9. The molecule has 1 atom stereocenters. The number of nitrogens with zero attached hydrogens (tertiary/aromatic N) is 4. The summed E-state index contributed by atoms with van der Waals surface area (Å²) in [4.78, 5) is 29.6. The van der Waals surface area contributed by atoms with Crippen molar-refractivity contribution in [1.82, 2.24) is 24.9 Å². The van der Waals surface area contributed by atoms with Crippen LogP contribution in [0.15, 0.2) is 48.9 Å². The fourth-order valence-electron chi connectivity index (χ4n) is 5.09. The van der Waals surface area contributed by atoms with E-state index in [1.165, 1.54) is 5.56 Å². The van der Waals surface area contributed by atoms with Gasteiger partial charge in [0.05, 0.1) is 6.54 Å². The molecule has 5 rings (SSSR count). The summed E-state index contributed by atoms with van der Waals surface area (Å²) < 4.78 is 1.98. The van der Waals surface area contributed by atoms with Gasteiger partial charge in [-0.3, -0.25) is 14.3 Å². The number of amides is 2. The minimum atomic E-state index is -0.396. The highest BCUT2D eigenvalue weighted by Crippen LogP contribution is 2.33. The number of allylic oxidation sites excluding steroid dienone is 1. The molecule has 1 aromatic heterocycles. The number of benzene rings is 1. The van der Waals surface area contributed by atoms with Crippen LogP contribution in [-0.2, 0) is 17.9 Å². The molecule has 1 N–H and O–H groups in total. The number of rotatable bonds is 5. The lowest BCUT2D eigenvalue weighted by Crippen LogP contribution is -2.49. The topological polar surface area (TPSA) is 70.5 Å². The Bertz CT molecular complexity index is 991. The van der Waals surface area contributed by atoms with Gasteiger partial charge in [-0.05, 0) is 68.0 Å². The summed E-state index contributed by atoms with van der Waals surface area (Å²) in [6.07, 6.45) is 7.46. The molecule has 0 radical (unpaired) electrons. The zero-order valence-corrected chi connectivity index (χ0v) is 17.8. The Balaban J connectivity index is 1.21. The smallest absolute Gasteiger partial charge is 0.255 e. The lowest BCUT2D eigenvalue weighted by molar-refractivity contribution is -0.126. The lowest BCUT2D eigenvalue weighted by atomic mass is 9.88. The third kappa shape index (κ3) is 4.02. The van der Waals surface area contributed by atoms with Gasteiger partial charge < -0.3 is 15.1 Å². The van der Waals surface area contributed by atoms with Crippen molar-refractivity contribution in [3.8, 4) is 0 Å². The summed E-state index contributed by atoms with van der Waals surface area (Å²) in [6, 6.07) is 7.86. The van der Waals surface area contributed by atoms with Crippen molar-refractivity contribution in [2.24, 2.45) is 0 Å². The molecule has 2 saturated heterocycles. The second-order valence-corrected chi connectivity index (χ2v) is 8.88. The molecule has 2 aromatic rings. The number of hydrogen-bond acceptors (Lipinski definition) is 4. The number of nitrogens with one attached hydrogen (secondary N) is 1. The van der Waals surface area contributed by atoms with Gasteiger partial charge in [0.25, 0.3) is 5.91 Å². The van der Waals surface area contributed by atoms with E-state index in [2.05, 4.69) is 34.0 Å². The van der Waals surface area contributed by atoms with E-state index in [0.29, 0.717) is 18.9 Å². The van der Waals surface area contributed by atoms with Crippen LogP contribution in [-0.4, -0.2) is 57.1 Å². The molecular weight excluding hydrogens is 390 g/mol. The van der Waals surface area contributed by atoms with Crippen LogP contribution in [0, 0.1) is 0 Å². The van der Waals surface area contributed by atoms with Crippen molar-refractivity contribution in [1.29, 1.82) is 0 Å². The number of aromatic nitrogens is 2. The van der Waals surface area contributed by atoms with Gasteiger partial charge in [0.1, 0.15) is 6.04 Å². The number of carbonyl (C=O) groups is 2. The first-order valence-electron chi connectivity index (χ1n) is 11.2. The van der Waals surface area contributed by atoms with E-state index in [0.717, 1.165) is 62.3 Å². The highest BCUT2D eigenvalue weighted by molar-refractivity contribution is 6.01. The summed E-state index contributed by atoms with van der Waals surface area (Å²) in [5.41, 5.74) is 3.86. The van der Waals surface area contributed by atoms with Gasteiger partial charge in [0.15, 0.2) is 0 Å². The fraction of sp³-hybridized carbons (Fsp3) is 0.458. The van der Waals surface area contributed by atoms with E-state index in [9.17, 15) is 9.59 Å². The normalized spacial score (nSPS) is 22.6. The first-order chi connectivity index (χ1) is 15.1. The molecule has 0 aliphatic carbocycles. The monoisotopic (exact) mass is 419 g/mol. The first-order valence-corrected chi connectivity index (χ1v) is 11.2. The molecule has 1 unspecified atom stereocenters. The second-order valence-electron chi connectivity index (χ2n) is 8.88. The molecule has 0 spiro atoms. The van der Waals surface area contributed by atoms with E-state index in [4.69, 9.17) is 0 Å². The standard InChI is InChI=1S/C24H29N5O2/c1-17-3-6-22(23(30)26-17)29-16-20-15-19(4-5-21(20)24(29)31)18-7-11-27(12-8-18)13-14-28-10-2-9-25-28/h2,4-5,9-10,15,18,22H,1,3,6-8,11-14,16H2,(H,26,30). The maximum Gasteiger partial charge on any atom is 0.255 e. The largest absolute Gasteiger partial charge is 0.329 e. The number of carbonyl (C=O) groups excluding carboxylic acids is 2. The van der Waals surface area contributed by atoms with Gasteiger partial charge in [-0.2, -0.15) is 5.10 Å². The van der Waals surface area contributed by atoms with Crippen molar-refractivity contribution in [3.63, 3.8) is 0 Å². The highest BCUT2D eigenvalue weighted by atomic mass is 16.2. The summed E-state index contributed by atoms with van der Waals surface area (Å²) >= 11 is 0. The van der Waals surface area contributed by atoms with Crippen molar-refractivity contribution >= 4 is 11.8 Å². The van der Waals surface area contributed by atoms with E-state index in [1.807, 2.05) is 29.2 Å². The van der Waals surface area contributed by atoms with Crippen molar-refractivity contribution < 1.29 is 9.59 Å². The van der Waals surface area contributed by atoms with Crippen molar-refractivity contribution in [3.05, 3.63) is 65.6 Å². The fourth-order valence-corrected chi connectivity index (χ4v) is 5.09. The molecule has 3 aliphatic rings. The van der Waals surface area contributed by atoms with Crippen LogP contribution in [0.3, 0.4) is 0 Å². The number of hydrogen-bond donors (Lipinski definition) is 1. The average molecular weight is 420 g/mol. The molecule has 2 fully saturated rings. The minimum absolute atomic E-state index is 0.0253. The Morgan fingerprint density at radius 2 is 1.97 bits per heavy atom. The average Bonchev–Trinajstić information content (AvgIpc) is 3.41. The van der Waals surface area contributed by atoms with Gasteiger partial charge in [-0.15, -0.1) is 0 Å². The van der Waals surface area contributed by atoms with Crippen molar-refractivity contribution in [2.45, 2.75) is 50.7 Å². The summed E-state index contributed by atoms with van der Waals surface area (Å²) in [7, 11) is 0. The predicted octanol–water partition coefficient (Wildman–Crippen LogP) is 2.51. The Morgan fingerprint density at radius 3 is 2.71 bits per heavy atom. The Hall–Kier alpha value is -2.93. The lowest BCUT2D eigenvalue weighted by Gasteiger charge is -2.32. The third-order valence-corrected chi connectivity index (χ3v) is 6.92. The van der Waals surface area contributed by atoms with Crippen LogP contribution in [0.1, 0.15) is 53.1 Å². The molecule has 7 nitrogen and oxygen atoms in total. The number of fused-ring (bicyclic) bond motifs is 1. The predicted molar refractivity (Wildman–Crippen MR) is 117 cm³/mol. The summed E-state index contributed by atoms with van der Waals surface area (Å²) in [5.74, 6) is 0.388. The zero-order valence-electron chi connectivity index (χ0n) is 17.8. The Morgan fingerprint density at radius 1 is 1.13 bits per heavy atom. The molecule has 3 aliphatic heterocycles. The van der Waals surface area contributed by atoms with E-state index in [1.54, 1.807) is 4.90 Å². The summed E-state index contributed by atoms with van der Waals surface area (Å²) in [6.45, 7) is 8.48. The van der Waals surface area contributed by atoms with Gasteiger partial charge in [0, 0.05) is 36.7 Å². The molecule has 31 heavy (non-hydrogen) atoms.